The quantitative estimate of drug-likeness (QED) is 0.639. The number of carbonyl (C=O) groups excluding carboxylic acids is 1. The molecule has 0 aromatic heterocycles. The molecule has 0 saturated carbocycles. The molecule has 0 heterocycles. The third kappa shape index (κ3) is 3.64. The number of benzene rings is 1. The molecule has 0 radical (unpaired) electrons. The third-order valence-corrected chi connectivity index (χ3v) is 2.35. The molecule has 94 valence electrons. The van der Waals surface area contributed by atoms with Gasteiger partial charge in [-0.15, -0.1) is 0 Å². The zero-order chi connectivity index (χ0) is 12.7. The van der Waals surface area contributed by atoms with Crippen molar-refractivity contribution in [3.63, 3.8) is 0 Å². The van der Waals surface area contributed by atoms with Crippen LogP contribution in [0.4, 0.5) is 0 Å². The zero-order valence-electron chi connectivity index (χ0n) is 10.1. The van der Waals surface area contributed by atoms with Crippen LogP contribution in [0.25, 0.3) is 0 Å². The molecular formula is C12H18N2O3. The number of para-hydroxylation sites is 1. The minimum Gasteiger partial charge on any atom is -0.504 e. The summed E-state index contributed by atoms with van der Waals surface area (Å²) < 4.78 is 4.94. The van der Waals surface area contributed by atoms with Crippen molar-refractivity contribution in [1.29, 1.82) is 0 Å². The maximum absolute atomic E-state index is 11.7. The lowest BCUT2D eigenvalue weighted by Crippen LogP contribution is -2.26. The largest absolute Gasteiger partial charge is 0.504 e. The van der Waals surface area contributed by atoms with Crippen molar-refractivity contribution in [3.8, 4) is 11.5 Å². The standard InChI is InChI=1S/C12H18N2O3/c1-13-7-4-8-14-12(16)9-5-3-6-10(17-2)11(9)15/h3,5-6,13,15H,4,7-8H2,1-2H3,(H,14,16). The molecule has 0 aliphatic rings. The summed E-state index contributed by atoms with van der Waals surface area (Å²) in [6.07, 6.45) is 0.840. The maximum atomic E-state index is 11.7. The van der Waals surface area contributed by atoms with Crippen LogP contribution in [0, 0.1) is 0 Å². The van der Waals surface area contributed by atoms with Crippen LogP contribution in [0.1, 0.15) is 16.8 Å². The maximum Gasteiger partial charge on any atom is 0.255 e. The smallest absolute Gasteiger partial charge is 0.255 e. The Labute approximate surface area is 101 Å². The van der Waals surface area contributed by atoms with Crippen LogP contribution < -0.4 is 15.4 Å². The SMILES string of the molecule is CNCCCNC(=O)c1cccc(OC)c1O. The van der Waals surface area contributed by atoms with Crippen LogP contribution in [0.5, 0.6) is 11.5 Å². The van der Waals surface area contributed by atoms with E-state index in [-0.39, 0.29) is 17.2 Å². The van der Waals surface area contributed by atoms with Crippen LogP contribution in [-0.4, -0.2) is 38.3 Å². The van der Waals surface area contributed by atoms with Gasteiger partial charge in [0.2, 0.25) is 0 Å². The number of methoxy groups -OCH3 is 1. The van der Waals surface area contributed by atoms with Crippen molar-refractivity contribution < 1.29 is 14.6 Å². The van der Waals surface area contributed by atoms with Crippen LogP contribution in [0.2, 0.25) is 0 Å². The third-order valence-electron chi connectivity index (χ3n) is 2.35. The number of nitrogens with one attached hydrogen (secondary N) is 2. The normalized spacial score (nSPS) is 10.0. The van der Waals surface area contributed by atoms with E-state index >= 15 is 0 Å². The average molecular weight is 238 g/mol. The van der Waals surface area contributed by atoms with E-state index in [1.54, 1.807) is 18.2 Å². The number of phenols is 1. The van der Waals surface area contributed by atoms with Crippen LogP contribution in [-0.2, 0) is 0 Å². The number of carbonyl (C=O) groups is 1. The molecule has 17 heavy (non-hydrogen) atoms. The lowest BCUT2D eigenvalue weighted by Gasteiger charge is -2.09. The molecule has 0 aliphatic carbocycles. The highest BCUT2D eigenvalue weighted by molar-refractivity contribution is 5.97. The predicted octanol–water partition coefficient (Wildman–Crippen LogP) is 0.740. The summed E-state index contributed by atoms with van der Waals surface area (Å²) in [7, 11) is 3.30. The van der Waals surface area contributed by atoms with Gasteiger partial charge >= 0.3 is 0 Å². The number of ether oxygens (including phenoxy) is 1. The first-order chi connectivity index (χ1) is 8.20. The molecule has 0 spiro atoms. The Kier molecular flexibility index (Phi) is 5.29. The minimum absolute atomic E-state index is 0.124. The first kappa shape index (κ1) is 13.3. The van der Waals surface area contributed by atoms with Crippen LogP contribution in [0.15, 0.2) is 18.2 Å². The fourth-order valence-corrected chi connectivity index (χ4v) is 1.43. The van der Waals surface area contributed by atoms with E-state index in [2.05, 4.69) is 10.6 Å². The molecule has 1 amide bonds. The van der Waals surface area contributed by atoms with Gasteiger partial charge in [-0.1, -0.05) is 6.07 Å². The summed E-state index contributed by atoms with van der Waals surface area (Å²) in [5, 5.41) is 15.5. The summed E-state index contributed by atoms with van der Waals surface area (Å²) in [5.74, 6) is -0.119. The highest BCUT2D eigenvalue weighted by atomic mass is 16.5. The van der Waals surface area contributed by atoms with Gasteiger partial charge in [0.05, 0.1) is 12.7 Å². The molecule has 0 saturated heterocycles. The second-order valence-electron chi connectivity index (χ2n) is 3.57. The number of amides is 1. The van der Waals surface area contributed by atoms with Gasteiger partial charge in [0.1, 0.15) is 0 Å². The van der Waals surface area contributed by atoms with E-state index in [9.17, 15) is 9.90 Å². The van der Waals surface area contributed by atoms with Crippen molar-refractivity contribution in [2.75, 3.05) is 27.2 Å². The highest BCUT2D eigenvalue weighted by Crippen LogP contribution is 2.28. The predicted molar refractivity (Wildman–Crippen MR) is 65.5 cm³/mol. The van der Waals surface area contributed by atoms with Crippen molar-refractivity contribution in [1.82, 2.24) is 10.6 Å². The molecule has 0 bridgehead atoms. The zero-order valence-corrected chi connectivity index (χ0v) is 10.1. The van der Waals surface area contributed by atoms with Crippen LogP contribution in [0.3, 0.4) is 0 Å². The number of hydrogen-bond acceptors (Lipinski definition) is 4. The Morgan fingerprint density at radius 1 is 1.41 bits per heavy atom. The summed E-state index contributed by atoms with van der Waals surface area (Å²) >= 11 is 0. The van der Waals surface area contributed by atoms with Gasteiger partial charge < -0.3 is 20.5 Å². The van der Waals surface area contributed by atoms with Gasteiger partial charge in [0.25, 0.3) is 5.91 Å². The van der Waals surface area contributed by atoms with Gasteiger partial charge in [-0.3, -0.25) is 4.79 Å². The van der Waals surface area contributed by atoms with Gasteiger partial charge in [-0.25, -0.2) is 0 Å². The highest BCUT2D eigenvalue weighted by Gasteiger charge is 2.13. The summed E-state index contributed by atoms with van der Waals surface area (Å²) in [6, 6.07) is 4.83. The molecule has 0 unspecified atom stereocenters. The first-order valence-corrected chi connectivity index (χ1v) is 5.49. The number of rotatable bonds is 6. The lowest BCUT2D eigenvalue weighted by molar-refractivity contribution is 0.0950. The molecular weight excluding hydrogens is 220 g/mol. The first-order valence-electron chi connectivity index (χ1n) is 5.49. The molecule has 1 rings (SSSR count). The molecule has 3 N–H and O–H groups in total. The lowest BCUT2D eigenvalue weighted by atomic mass is 10.1. The Balaban J connectivity index is 2.62. The molecule has 5 heteroatoms. The van der Waals surface area contributed by atoms with Gasteiger partial charge in [0, 0.05) is 6.54 Å². The topological polar surface area (TPSA) is 70.6 Å². The summed E-state index contributed by atoms with van der Waals surface area (Å²) in [5.41, 5.74) is 0.230. The second-order valence-corrected chi connectivity index (χ2v) is 3.57. The van der Waals surface area contributed by atoms with Crippen molar-refractivity contribution >= 4 is 5.91 Å². The summed E-state index contributed by atoms with van der Waals surface area (Å²) in [4.78, 5) is 11.7. The van der Waals surface area contributed by atoms with Gasteiger partial charge in [0.15, 0.2) is 11.5 Å². The second kappa shape index (κ2) is 6.75. The fraction of sp³-hybridized carbons (Fsp3) is 0.417. The molecule has 0 fully saturated rings. The van der Waals surface area contributed by atoms with Crippen molar-refractivity contribution in [2.24, 2.45) is 0 Å². The monoisotopic (exact) mass is 238 g/mol. The molecule has 1 aromatic rings. The van der Waals surface area contributed by atoms with E-state index in [4.69, 9.17) is 4.74 Å². The minimum atomic E-state index is -0.294. The Morgan fingerprint density at radius 3 is 2.82 bits per heavy atom. The van der Waals surface area contributed by atoms with E-state index in [0.29, 0.717) is 12.3 Å². The Hall–Kier alpha value is -1.75. The number of phenolic OH excluding ortho intramolecular Hbond substituents is 1. The van der Waals surface area contributed by atoms with E-state index in [1.807, 2.05) is 7.05 Å². The van der Waals surface area contributed by atoms with Gasteiger partial charge in [-0.2, -0.15) is 0 Å². The Morgan fingerprint density at radius 2 is 2.18 bits per heavy atom. The molecule has 0 atom stereocenters. The average Bonchev–Trinajstić information content (AvgIpc) is 2.34. The van der Waals surface area contributed by atoms with Gasteiger partial charge in [-0.05, 0) is 32.1 Å². The molecule has 1 aromatic carbocycles. The van der Waals surface area contributed by atoms with E-state index in [0.717, 1.165) is 13.0 Å². The molecule has 0 aliphatic heterocycles. The number of hydrogen-bond donors (Lipinski definition) is 3. The van der Waals surface area contributed by atoms with Crippen molar-refractivity contribution in [3.05, 3.63) is 23.8 Å². The molecule has 5 nitrogen and oxygen atoms in total. The van der Waals surface area contributed by atoms with Crippen LogP contribution >= 0.6 is 0 Å². The Bertz CT molecular complexity index is 380. The summed E-state index contributed by atoms with van der Waals surface area (Å²) in [6.45, 7) is 1.40. The number of aromatic hydroxyl groups is 1. The van der Waals surface area contributed by atoms with E-state index < -0.39 is 0 Å². The van der Waals surface area contributed by atoms with Crippen molar-refractivity contribution in [2.45, 2.75) is 6.42 Å². The fourth-order valence-electron chi connectivity index (χ4n) is 1.43. The van der Waals surface area contributed by atoms with E-state index in [1.165, 1.54) is 7.11 Å².